The van der Waals surface area contributed by atoms with Crippen LogP contribution in [0.5, 0.6) is 11.5 Å². The molecule has 1 aliphatic heterocycles. The highest BCUT2D eigenvalue weighted by Crippen LogP contribution is 2.43. The molecular weight excluding hydrogens is 314 g/mol. The molecule has 3 aromatic rings. The average molecular weight is 335 g/mol. The maximum atomic E-state index is 5.65. The summed E-state index contributed by atoms with van der Waals surface area (Å²) in [4.78, 5) is 0. The number of fused-ring (bicyclic) bond motifs is 3. The summed E-state index contributed by atoms with van der Waals surface area (Å²) in [5, 5.41) is 8.37. The Balaban J connectivity index is 1.95. The summed E-state index contributed by atoms with van der Waals surface area (Å²) in [6.07, 6.45) is -0.164. The van der Waals surface area contributed by atoms with E-state index in [4.69, 9.17) is 14.6 Å². The van der Waals surface area contributed by atoms with Gasteiger partial charge in [0.15, 0.2) is 17.7 Å². The fourth-order valence-corrected chi connectivity index (χ4v) is 3.52. The third-order valence-corrected chi connectivity index (χ3v) is 4.66. The maximum absolute atomic E-state index is 5.65. The van der Waals surface area contributed by atoms with E-state index in [0.29, 0.717) is 5.75 Å². The summed E-state index contributed by atoms with van der Waals surface area (Å²) in [7, 11) is 3.32. The molecular formula is C20H21N3O2. The van der Waals surface area contributed by atoms with Gasteiger partial charge in [-0.25, -0.2) is 4.68 Å². The molecule has 0 saturated heterocycles. The van der Waals surface area contributed by atoms with Crippen LogP contribution >= 0.6 is 0 Å². The molecule has 0 bridgehead atoms. The molecule has 128 valence electrons. The van der Waals surface area contributed by atoms with Crippen LogP contribution in [0.2, 0.25) is 0 Å². The third kappa shape index (κ3) is 2.35. The number of rotatable bonds is 3. The van der Waals surface area contributed by atoms with Crippen LogP contribution in [0, 0.1) is 13.8 Å². The second kappa shape index (κ2) is 5.84. The predicted octanol–water partition coefficient (Wildman–Crippen LogP) is 4.16. The quantitative estimate of drug-likeness (QED) is 0.781. The molecule has 0 spiro atoms. The molecule has 0 saturated carbocycles. The van der Waals surface area contributed by atoms with Gasteiger partial charge in [0.25, 0.3) is 0 Å². The van der Waals surface area contributed by atoms with E-state index in [-0.39, 0.29) is 6.17 Å². The van der Waals surface area contributed by atoms with E-state index in [1.807, 2.05) is 29.8 Å². The lowest BCUT2D eigenvalue weighted by Gasteiger charge is -2.31. The summed E-state index contributed by atoms with van der Waals surface area (Å²) in [5.74, 6) is 1.43. The highest BCUT2D eigenvalue weighted by molar-refractivity contribution is 5.81. The monoisotopic (exact) mass is 335 g/mol. The SMILES string of the molecule is COc1cccc([C@@H]2Nc3c(C)cccc3-c3cc(C)nn32)c1OC. The number of hydrogen-bond acceptors (Lipinski definition) is 4. The molecule has 5 nitrogen and oxygen atoms in total. The Morgan fingerprint density at radius 2 is 1.84 bits per heavy atom. The summed E-state index contributed by atoms with van der Waals surface area (Å²) in [6, 6.07) is 14.4. The van der Waals surface area contributed by atoms with Crippen LogP contribution in [-0.2, 0) is 0 Å². The van der Waals surface area contributed by atoms with Gasteiger partial charge in [-0.2, -0.15) is 5.10 Å². The summed E-state index contributed by atoms with van der Waals surface area (Å²) < 4.78 is 13.1. The Hall–Kier alpha value is -2.95. The first-order valence-electron chi connectivity index (χ1n) is 8.27. The van der Waals surface area contributed by atoms with Gasteiger partial charge in [-0.15, -0.1) is 0 Å². The number of para-hydroxylation sites is 2. The Bertz CT molecular complexity index is 946. The van der Waals surface area contributed by atoms with Crippen molar-refractivity contribution in [1.82, 2.24) is 9.78 Å². The number of anilines is 1. The fourth-order valence-electron chi connectivity index (χ4n) is 3.52. The predicted molar refractivity (Wildman–Crippen MR) is 98.4 cm³/mol. The number of nitrogens with zero attached hydrogens (tertiary/aromatic N) is 2. The lowest BCUT2D eigenvalue weighted by atomic mass is 10.00. The van der Waals surface area contributed by atoms with E-state index >= 15 is 0 Å². The zero-order valence-electron chi connectivity index (χ0n) is 14.8. The van der Waals surface area contributed by atoms with E-state index in [2.05, 4.69) is 36.5 Å². The zero-order chi connectivity index (χ0) is 17.6. The molecule has 0 unspecified atom stereocenters. The smallest absolute Gasteiger partial charge is 0.167 e. The number of nitrogens with one attached hydrogen (secondary N) is 1. The minimum atomic E-state index is -0.164. The Kier molecular flexibility index (Phi) is 3.64. The Morgan fingerprint density at radius 3 is 2.60 bits per heavy atom. The second-order valence-corrected chi connectivity index (χ2v) is 6.24. The Labute approximate surface area is 147 Å². The standard InChI is InChI=1S/C20H21N3O2/c1-12-7-5-8-14-16-11-13(2)22-23(16)20(21-18(12)14)15-9-6-10-17(24-3)19(15)25-4/h5-11,20-21H,1-4H3/t20-/m1/s1. The van der Waals surface area contributed by atoms with Gasteiger partial charge in [-0.3, -0.25) is 0 Å². The molecule has 2 aromatic carbocycles. The van der Waals surface area contributed by atoms with Crippen molar-refractivity contribution in [3.8, 4) is 22.8 Å². The molecule has 2 heterocycles. The number of hydrogen-bond donors (Lipinski definition) is 1. The molecule has 1 N–H and O–H groups in total. The van der Waals surface area contributed by atoms with Crippen molar-refractivity contribution in [3.05, 3.63) is 59.3 Å². The van der Waals surface area contributed by atoms with Gasteiger partial charge < -0.3 is 14.8 Å². The van der Waals surface area contributed by atoms with Crippen molar-refractivity contribution in [2.45, 2.75) is 20.0 Å². The number of methoxy groups -OCH3 is 2. The van der Waals surface area contributed by atoms with E-state index in [9.17, 15) is 0 Å². The van der Waals surface area contributed by atoms with E-state index < -0.39 is 0 Å². The first kappa shape index (κ1) is 15.6. The van der Waals surface area contributed by atoms with Gasteiger partial charge in [-0.1, -0.05) is 30.3 Å². The first-order valence-corrected chi connectivity index (χ1v) is 8.27. The fraction of sp³-hybridized carbons (Fsp3) is 0.250. The molecule has 1 aliphatic rings. The normalized spacial score (nSPS) is 15.1. The molecule has 0 fully saturated rings. The molecule has 0 amide bonds. The number of benzene rings is 2. The molecule has 5 heteroatoms. The van der Waals surface area contributed by atoms with Gasteiger partial charge in [0, 0.05) is 16.8 Å². The maximum Gasteiger partial charge on any atom is 0.167 e. The molecule has 0 aliphatic carbocycles. The van der Waals surface area contributed by atoms with Gasteiger partial charge in [0.05, 0.1) is 25.6 Å². The number of aryl methyl sites for hydroxylation is 2. The van der Waals surface area contributed by atoms with Crippen molar-refractivity contribution in [1.29, 1.82) is 0 Å². The lowest BCUT2D eigenvalue weighted by molar-refractivity contribution is 0.347. The molecule has 4 rings (SSSR count). The lowest BCUT2D eigenvalue weighted by Crippen LogP contribution is -2.26. The molecule has 1 aromatic heterocycles. The third-order valence-electron chi connectivity index (χ3n) is 4.66. The summed E-state index contributed by atoms with van der Waals surface area (Å²) >= 11 is 0. The second-order valence-electron chi connectivity index (χ2n) is 6.24. The molecule has 25 heavy (non-hydrogen) atoms. The largest absolute Gasteiger partial charge is 0.493 e. The minimum absolute atomic E-state index is 0.164. The van der Waals surface area contributed by atoms with Crippen LogP contribution in [0.3, 0.4) is 0 Å². The Morgan fingerprint density at radius 1 is 1.04 bits per heavy atom. The van der Waals surface area contributed by atoms with Crippen LogP contribution in [0.1, 0.15) is 23.0 Å². The highest BCUT2D eigenvalue weighted by Gasteiger charge is 2.30. The topological polar surface area (TPSA) is 48.3 Å². The van der Waals surface area contributed by atoms with Crippen LogP contribution in [0.25, 0.3) is 11.3 Å². The van der Waals surface area contributed by atoms with Crippen LogP contribution in [0.4, 0.5) is 5.69 Å². The number of aromatic nitrogens is 2. The van der Waals surface area contributed by atoms with Crippen molar-refractivity contribution in [3.63, 3.8) is 0 Å². The first-order chi connectivity index (χ1) is 12.1. The average Bonchev–Trinajstić information content (AvgIpc) is 3.02. The van der Waals surface area contributed by atoms with Crippen LogP contribution in [0.15, 0.2) is 42.5 Å². The van der Waals surface area contributed by atoms with Crippen LogP contribution < -0.4 is 14.8 Å². The van der Waals surface area contributed by atoms with Crippen molar-refractivity contribution >= 4 is 5.69 Å². The van der Waals surface area contributed by atoms with Gasteiger partial charge >= 0.3 is 0 Å². The van der Waals surface area contributed by atoms with E-state index in [0.717, 1.165) is 28.4 Å². The number of ether oxygens (including phenoxy) is 2. The van der Waals surface area contributed by atoms with Gasteiger partial charge in [0.2, 0.25) is 0 Å². The van der Waals surface area contributed by atoms with E-state index in [1.165, 1.54) is 11.1 Å². The van der Waals surface area contributed by atoms with Crippen molar-refractivity contribution in [2.24, 2.45) is 0 Å². The van der Waals surface area contributed by atoms with Crippen molar-refractivity contribution in [2.75, 3.05) is 19.5 Å². The van der Waals surface area contributed by atoms with E-state index in [1.54, 1.807) is 14.2 Å². The summed E-state index contributed by atoms with van der Waals surface area (Å²) in [5.41, 5.74) is 6.57. The molecule has 0 radical (unpaired) electrons. The van der Waals surface area contributed by atoms with Gasteiger partial charge in [-0.05, 0) is 31.5 Å². The van der Waals surface area contributed by atoms with Crippen LogP contribution in [-0.4, -0.2) is 24.0 Å². The minimum Gasteiger partial charge on any atom is -0.493 e. The van der Waals surface area contributed by atoms with Gasteiger partial charge in [0.1, 0.15) is 0 Å². The highest BCUT2D eigenvalue weighted by atomic mass is 16.5. The zero-order valence-corrected chi connectivity index (χ0v) is 14.8. The van der Waals surface area contributed by atoms with Crippen molar-refractivity contribution < 1.29 is 9.47 Å². The summed E-state index contributed by atoms with van der Waals surface area (Å²) in [6.45, 7) is 4.13. The molecule has 1 atom stereocenters.